The van der Waals surface area contributed by atoms with Gasteiger partial charge in [-0.25, -0.2) is 4.98 Å². The molecular formula is C22H20Br2N6OS2. The second-order valence-corrected chi connectivity index (χ2v) is 11.3. The summed E-state index contributed by atoms with van der Waals surface area (Å²) in [5.74, 6) is 1.71. The Labute approximate surface area is 217 Å². The molecule has 170 valence electrons. The lowest BCUT2D eigenvalue weighted by Gasteiger charge is -2.30. The molecule has 2 saturated heterocycles. The van der Waals surface area contributed by atoms with Crippen molar-refractivity contribution >= 4 is 89.4 Å². The summed E-state index contributed by atoms with van der Waals surface area (Å²) in [6.45, 7) is 2.95. The van der Waals surface area contributed by atoms with Gasteiger partial charge >= 0.3 is 0 Å². The molecule has 0 aliphatic carbocycles. The van der Waals surface area contributed by atoms with E-state index in [2.05, 4.69) is 64.2 Å². The van der Waals surface area contributed by atoms with Crippen LogP contribution < -0.4 is 10.2 Å². The van der Waals surface area contributed by atoms with Gasteiger partial charge in [0.2, 0.25) is 5.91 Å². The molecule has 2 aromatic carbocycles. The molecule has 2 atom stereocenters. The van der Waals surface area contributed by atoms with Crippen LogP contribution in [0.25, 0.3) is 11.0 Å². The first kappa shape index (κ1) is 22.8. The van der Waals surface area contributed by atoms with E-state index < -0.39 is 0 Å². The van der Waals surface area contributed by atoms with E-state index in [0.29, 0.717) is 11.7 Å². The summed E-state index contributed by atoms with van der Waals surface area (Å²) in [6, 6.07) is 12.0. The average Bonchev–Trinajstić information content (AvgIpc) is 3.36. The number of hydrogen-bond donors (Lipinski definition) is 2. The van der Waals surface area contributed by atoms with E-state index in [1.54, 1.807) is 25.0 Å². The summed E-state index contributed by atoms with van der Waals surface area (Å²) in [4.78, 5) is 28.4. The fourth-order valence-electron chi connectivity index (χ4n) is 4.11. The van der Waals surface area contributed by atoms with Crippen LogP contribution in [0.4, 0.5) is 5.69 Å². The maximum atomic E-state index is 11.9. The molecule has 7 nitrogen and oxygen atoms in total. The van der Waals surface area contributed by atoms with Crippen LogP contribution in [0.1, 0.15) is 18.5 Å². The summed E-state index contributed by atoms with van der Waals surface area (Å²) in [5, 5.41) is 3.88. The largest absolute Gasteiger partial charge is 0.345 e. The number of amidine groups is 1. The van der Waals surface area contributed by atoms with Crippen molar-refractivity contribution in [1.82, 2.24) is 20.2 Å². The van der Waals surface area contributed by atoms with Crippen LogP contribution in [0.2, 0.25) is 0 Å². The monoisotopic (exact) mass is 606 g/mol. The lowest BCUT2D eigenvalue weighted by molar-refractivity contribution is -0.128. The summed E-state index contributed by atoms with van der Waals surface area (Å²) in [7, 11) is 0. The van der Waals surface area contributed by atoms with Crippen LogP contribution in [0.15, 0.2) is 56.7 Å². The maximum absolute atomic E-state index is 11.9. The van der Waals surface area contributed by atoms with Gasteiger partial charge in [-0.2, -0.15) is 0 Å². The minimum absolute atomic E-state index is 0.0557. The highest BCUT2D eigenvalue weighted by Gasteiger charge is 2.38. The first-order valence-corrected chi connectivity index (χ1v) is 13.4. The minimum atomic E-state index is -0.240. The van der Waals surface area contributed by atoms with E-state index in [1.807, 2.05) is 29.2 Å². The molecule has 2 aliphatic rings. The van der Waals surface area contributed by atoms with Crippen molar-refractivity contribution in [3.05, 3.63) is 57.2 Å². The molecule has 5 rings (SSSR count). The number of rotatable bonds is 3. The molecule has 0 spiro atoms. The van der Waals surface area contributed by atoms with Gasteiger partial charge in [0, 0.05) is 33.9 Å². The summed E-state index contributed by atoms with van der Waals surface area (Å²) in [5.41, 5.74) is 3.80. The number of halogens is 2. The third-order valence-corrected chi connectivity index (χ3v) is 7.90. The van der Waals surface area contributed by atoms with E-state index in [1.165, 1.54) is 0 Å². The number of nitrogens with one attached hydrogen (secondary N) is 2. The Morgan fingerprint density at radius 2 is 2.03 bits per heavy atom. The first-order chi connectivity index (χ1) is 15.9. The number of fused-ring (bicyclic) bond motifs is 1. The van der Waals surface area contributed by atoms with Gasteiger partial charge < -0.3 is 20.1 Å². The molecule has 3 heterocycles. The van der Waals surface area contributed by atoms with Crippen LogP contribution in [0, 0.1) is 0 Å². The predicted octanol–water partition coefficient (Wildman–Crippen LogP) is 4.84. The molecule has 11 heteroatoms. The molecule has 1 amide bonds. The highest BCUT2D eigenvalue weighted by atomic mass is 79.9. The molecule has 2 unspecified atom stereocenters. The molecule has 33 heavy (non-hydrogen) atoms. The summed E-state index contributed by atoms with van der Waals surface area (Å²) >= 11 is 14.8. The number of thiocarbonyl (C=S) groups is 1. The summed E-state index contributed by atoms with van der Waals surface area (Å²) in [6.07, 6.45) is 1.69. The topological polar surface area (TPSA) is 76.6 Å². The van der Waals surface area contributed by atoms with E-state index in [-0.39, 0.29) is 17.3 Å². The molecule has 1 aromatic heterocycles. The molecule has 0 bridgehead atoms. The molecule has 2 N–H and O–H groups in total. The Morgan fingerprint density at radius 1 is 1.24 bits per heavy atom. The van der Waals surface area contributed by atoms with E-state index in [4.69, 9.17) is 17.2 Å². The van der Waals surface area contributed by atoms with Crippen molar-refractivity contribution in [3.8, 4) is 0 Å². The van der Waals surface area contributed by atoms with E-state index in [9.17, 15) is 4.79 Å². The number of H-pyrrole nitrogens is 1. The van der Waals surface area contributed by atoms with Gasteiger partial charge in [-0.05, 0) is 54.2 Å². The molecule has 0 radical (unpaired) electrons. The standard InChI is InChI=1S/C22H20Br2N6OS2/c1-12(31)29-4-5-33-19(10-29)27-21-20(13-6-14(23)8-15(24)7-13)30(22(32)28-21)16-2-3-17-18(9-16)26-11-25-17/h2-3,6-9,11,19-20H,4-5,10H2,1H3,(H,25,26)(H,27,28,32). The second-order valence-electron chi connectivity index (χ2n) is 7.81. The van der Waals surface area contributed by atoms with Gasteiger partial charge in [-0.3, -0.25) is 9.79 Å². The van der Waals surface area contributed by atoms with Crippen LogP contribution in [-0.2, 0) is 4.79 Å². The van der Waals surface area contributed by atoms with Crippen LogP contribution in [-0.4, -0.2) is 55.9 Å². The van der Waals surface area contributed by atoms with E-state index >= 15 is 0 Å². The molecule has 2 aliphatic heterocycles. The van der Waals surface area contributed by atoms with Crippen LogP contribution in [0.5, 0.6) is 0 Å². The molecular weight excluding hydrogens is 588 g/mol. The smallest absolute Gasteiger partial charge is 0.219 e. The summed E-state index contributed by atoms with van der Waals surface area (Å²) < 4.78 is 1.92. The zero-order chi connectivity index (χ0) is 23.1. The highest BCUT2D eigenvalue weighted by molar-refractivity contribution is 9.11. The quantitative estimate of drug-likeness (QED) is 0.415. The number of nitrogens with zero attached hydrogens (tertiary/aromatic N) is 4. The van der Waals surface area contributed by atoms with Gasteiger partial charge in [0.25, 0.3) is 0 Å². The number of hydrogen-bond acceptors (Lipinski definition) is 5. The number of carbonyl (C=O) groups is 1. The Balaban J connectivity index is 1.58. The number of aliphatic imine (C=N–C) groups is 1. The maximum Gasteiger partial charge on any atom is 0.219 e. The normalized spacial score (nSPS) is 22.3. The van der Waals surface area contributed by atoms with Crippen molar-refractivity contribution in [1.29, 1.82) is 0 Å². The van der Waals surface area contributed by atoms with Crippen molar-refractivity contribution in [3.63, 3.8) is 0 Å². The van der Waals surface area contributed by atoms with Crippen molar-refractivity contribution in [2.45, 2.75) is 18.3 Å². The highest BCUT2D eigenvalue weighted by Crippen LogP contribution is 2.36. The number of thioether (sulfide) groups is 1. The number of aromatic nitrogens is 2. The predicted molar refractivity (Wildman–Crippen MR) is 145 cm³/mol. The number of anilines is 1. The average molecular weight is 608 g/mol. The van der Waals surface area contributed by atoms with E-state index in [0.717, 1.165) is 49.4 Å². The molecule has 0 saturated carbocycles. The number of imidazole rings is 1. The Hall–Kier alpha value is -1.95. The van der Waals surface area contributed by atoms with Gasteiger partial charge in [-0.15, -0.1) is 11.8 Å². The lowest BCUT2D eigenvalue weighted by atomic mass is 10.0. The van der Waals surface area contributed by atoms with Crippen LogP contribution >= 0.6 is 55.8 Å². The Kier molecular flexibility index (Phi) is 6.47. The fourth-order valence-corrected chi connectivity index (χ4v) is 6.82. The Bertz CT molecular complexity index is 1260. The van der Waals surface area contributed by atoms with Gasteiger partial charge in [-0.1, -0.05) is 31.9 Å². The fraction of sp³-hybridized carbons (Fsp3) is 0.273. The third-order valence-electron chi connectivity index (χ3n) is 5.63. The SMILES string of the molecule is CC(=O)N1CCSC(N=C2NC(=S)N(c3ccc4[nH]cnc4c3)C2c2cc(Br)cc(Br)c2)C1. The third kappa shape index (κ3) is 4.68. The lowest BCUT2D eigenvalue weighted by Crippen LogP contribution is -2.41. The minimum Gasteiger partial charge on any atom is -0.345 e. The van der Waals surface area contributed by atoms with Gasteiger partial charge in [0.15, 0.2) is 5.11 Å². The van der Waals surface area contributed by atoms with Gasteiger partial charge in [0.05, 0.1) is 23.9 Å². The number of aromatic amines is 1. The Morgan fingerprint density at radius 3 is 2.79 bits per heavy atom. The van der Waals surface area contributed by atoms with Crippen molar-refractivity contribution in [2.24, 2.45) is 4.99 Å². The number of benzene rings is 2. The zero-order valence-electron chi connectivity index (χ0n) is 17.6. The van der Waals surface area contributed by atoms with Crippen molar-refractivity contribution in [2.75, 3.05) is 23.7 Å². The number of amides is 1. The zero-order valence-corrected chi connectivity index (χ0v) is 22.4. The molecule has 3 aromatic rings. The number of carbonyl (C=O) groups excluding carboxylic acids is 1. The molecule has 2 fully saturated rings. The van der Waals surface area contributed by atoms with Crippen LogP contribution in [0.3, 0.4) is 0 Å². The first-order valence-electron chi connectivity index (χ1n) is 10.3. The van der Waals surface area contributed by atoms with Crippen molar-refractivity contribution < 1.29 is 4.79 Å². The second kappa shape index (κ2) is 9.36. The van der Waals surface area contributed by atoms with Gasteiger partial charge in [0.1, 0.15) is 17.3 Å².